The topological polar surface area (TPSA) is 101 Å². The molecule has 1 aromatic carbocycles. The Morgan fingerprint density at radius 2 is 1.85 bits per heavy atom. The van der Waals surface area contributed by atoms with E-state index in [4.69, 9.17) is 9.84 Å². The van der Waals surface area contributed by atoms with Crippen molar-refractivity contribution in [3.05, 3.63) is 29.8 Å². The number of carboxylic acids is 1. The summed E-state index contributed by atoms with van der Waals surface area (Å²) in [6, 6.07) is 4.20. The van der Waals surface area contributed by atoms with Crippen LogP contribution in [0.1, 0.15) is 12.5 Å². The summed E-state index contributed by atoms with van der Waals surface area (Å²) in [5.41, 5.74) is 0.844. The highest BCUT2D eigenvalue weighted by atomic mass is 32.2. The normalized spacial score (nSPS) is 22.7. The fourth-order valence-corrected chi connectivity index (χ4v) is 3.46. The predicted octanol–water partition coefficient (Wildman–Crippen LogP) is 0.978. The first-order valence-corrected chi connectivity index (χ1v) is 7.23. The number of aliphatic carboxylic acids is 1. The molecule has 1 fully saturated rings. The zero-order chi connectivity index (χ0) is 15.1. The largest absolute Gasteiger partial charge is 0.480 e. The molecule has 2 rings (SSSR count). The number of benzene rings is 1. The van der Waals surface area contributed by atoms with Gasteiger partial charge in [0.25, 0.3) is 10.0 Å². The average Bonchev–Trinajstić information content (AvgIpc) is 2.65. The highest BCUT2D eigenvalue weighted by molar-refractivity contribution is 7.89. The number of cyclic esters (lactones) is 1. The first kappa shape index (κ1) is 14.3. The minimum absolute atomic E-state index is 0.152. The molecular weight excluding hydrogens is 286 g/mol. The second kappa shape index (κ2) is 4.78. The molecule has 1 aliphatic heterocycles. The van der Waals surface area contributed by atoms with Gasteiger partial charge in [0.05, 0.1) is 4.90 Å². The molecule has 1 aromatic rings. The average molecular weight is 299 g/mol. The van der Waals surface area contributed by atoms with Crippen LogP contribution in [0.25, 0.3) is 0 Å². The summed E-state index contributed by atoms with van der Waals surface area (Å²) in [5.74, 6) is -1.43. The summed E-state index contributed by atoms with van der Waals surface area (Å²) in [6.07, 6.45) is -2.22. The smallest absolute Gasteiger partial charge is 0.425 e. The maximum atomic E-state index is 12.4. The molecule has 0 unspecified atom stereocenters. The van der Waals surface area contributed by atoms with Crippen LogP contribution in [0.5, 0.6) is 0 Å². The van der Waals surface area contributed by atoms with Crippen molar-refractivity contribution in [1.29, 1.82) is 0 Å². The van der Waals surface area contributed by atoms with Crippen LogP contribution in [-0.2, 0) is 19.6 Å². The lowest BCUT2D eigenvalue weighted by Crippen LogP contribution is -2.45. The van der Waals surface area contributed by atoms with E-state index >= 15 is 0 Å². The number of hydrogen-bond donors (Lipinski definition) is 1. The van der Waals surface area contributed by atoms with Crippen molar-refractivity contribution >= 4 is 22.1 Å². The van der Waals surface area contributed by atoms with Crippen LogP contribution in [0, 0.1) is 6.92 Å². The molecular formula is C12H13NO6S. The highest BCUT2D eigenvalue weighted by Crippen LogP contribution is 2.27. The Labute approximate surface area is 115 Å². The van der Waals surface area contributed by atoms with Gasteiger partial charge in [0, 0.05) is 0 Å². The molecule has 7 nitrogen and oxygen atoms in total. The Hall–Kier alpha value is -2.09. The number of hydrogen-bond acceptors (Lipinski definition) is 5. The number of sulfonamides is 1. The van der Waals surface area contributed by atoms with E-state index in [9.17, 15) is 18.0 Å². The number of amides is 1. The van der Waals surface area contributed by atoms with E-state index in [1.54, 1.807) is 19.1 Å². The fourth-order valence-electron chi connectivity index (χ4n) is 1.95. The molecule has 8 heteroatoms. The molecule has 0 aromatic heterocycles. The molecule has 0 bridgehead atoms. The van der Waals surface area contributed by atoms with Crippen LogP contribution in [0.3, 0.4) is 0 Å². The van der Waals surface area contributed by atoms with Gasteiger partial charge in [-0.25, -0.2) is 18.0 Å². The van der Waals surface area contributed by atoms with Gasteiger partial charge in [-0.05, 0) is 26.0 Å². The van der Waals surface area contributed by atoms with E-state index in [-0.39, 0.29) is 9.20 Å². The van der Waals surface area contributed by atoms with Crippen LogP contribution < -0.4 is 0 Å². The zero-order valence-electron chi connectivity index (χ0n) is 10.8. The van der Waals surface area contributed by atoms with Crippen molar-refractivity contribution in [3.63, 3.8) is 0 Å². The summed E-state index contributed by atoms with van der Waals surface area (Å²) in [5, 5.41) is 9.09. The van der Waals surface area contributed by atoms with Crippen molar-refractivity contribution < 1.29 is 27.9 Å². The van der Waals surface area contributed by atoms with Gasteiger partial charge < -0.3 is 9.84 Å². The van der Waals surface area contributed by atoms with Gasteiger partial charge in [-0.15, -0.1) is 0 Å². The fraction of sp³-hybridized carbons (Fsp3) is 0.333. The third-order valence-electron chi connectivity index (χ3n) is 2.99. The van der Waals surface area contributed by atoms with Crippen LogP contribution in [0.15, 0.2) is 29.2 Å². The molecule has 0 aliphatic carbocycles. The molecule has 0 spiro atoms. The van der Waals surface area contributed by atoms with E-state index in [1.807, 2.05) is 0 Å². The summed E-state index contributed by atoms with van der Waals surface area (Å²) in [7, 11) is -4.25. The lowest BCUT2D eigenvalue weighted by molar-refractivity contribution is -0.141. The van der Waals surface area contributed by atoms with Gasteiger partial charge >= 0.3 is 12.1 Å². The lowest BCUT2D eigenvalue weighted by atomic mass is 10.2. The Morgan fingerprint density at radius 1 is 1.30 bits per heavy atom. The number of nitrogens with zero attached hydrogens (tertiary/aromatic N) is 1. The predicted molar refractivity (Wildman–Crippen MR) is 67.6 cm³/mol. The standard InChI is InChI=1S/C12H13NO6S/c1-7-3-5-9(6-4-7)20(17,18)13-10(11(14)15)8(2)19-12(13)16/h3-6,8,10H,1-2H3,(H,14,15)/t8-,10-/m1/s1. The van der Waals surface area contributed by atoms with Crippen LogP contribution >= 0.6 is 0 Å². The lowest BCUT2D eigenvalue weighted by Gasteiger charge is -2.19. The molecule has 1 amide bonds. The quantitative estimate of drug-likeness (QED) is 0.892. The van der Waals surface area contributed by atoms with Gasteiger partial charge in [0.1, 0.15) is 6.10 Å². The van der Waals surface area contributed by atoms with Gasteiger partial charge in [-0.1, -0.05) is 17.7 Å². The van der Waals surface area contributed by atoms with Gasteiger partial charge in [-0.2, -0.15) is 4.31 Å². The monoisotopic (exact) mass is 299 g/mol. The Morgan fingerprint density at radius 3 is 2.35 bits per heavy atom. The maximum absolute atomic E-state index is 12.4. The van der Waals surface area contributed by atoms with Crippen LogP contribution in [0.2, 0.25) is 0 Å². The molecule has 0 saturated carbocycles. The SMILES string of the molecule is Cc1ccc(S(=O)(=O)N2C(=O)O[C@H](C)[C@@H]2C(=O)O)cc1. The zero-order valence-corrected chi connectivity index (χ0v) is 11.6. The maximum Gasteiger partial charge on any atom is 0.425 e. The molecule has 1 saturated heterocycles. The Bertz CT molecular complexity index is 651. The van der Waals surface area contributed by atoms with E-state index in [0.717, 1.165) is 5.56 Å². The summed E-state index contributed by atoms with van der Waals surface area (Å²) in [6.45, 7) is 3.12. The number of aryl methyl sites for hydroxylation is 1. The van der Waals surface area contributed by atoms with Crippen LogP contribution in [-0.4, -0.2) is 42.0 Å². The molecule has 20 heavy (non-hydrogen) atoms. The third kappa shape index (κ3) is 2.22. The number of rotatable bonds is 3. The number of carbonyl (C=O) groups excluding carboxylic acids is 1. The van der Waals surface area contributed by atoms with Crippen molar-refractivity contribution in [2.45, 2.75) is 30.9 Å². The van der Waals surface area contributed by atoms with Crippen LogP contribution in [0.4, 0.5) is 4.79 Å². The van der Waals surface area contributed by atoms with Crippen molar-refractivity contribution in [1.82, 2.24) is 4.31 Å². The minimum atomic E-state index is -4.25. The summed E-state index contributed by atoms with van der Waals surface area (Å²) in [4.78, 5) is 22.7. The number of ether oxygens (including phenoxy) is 1. The van der Waals surface area contributed by atoms with Crippen molar-refractivity contribution in [2.75, 3.05) is 0 Å². The van der Waals surface area contributed by atoms with Crippen molar-refractivity contribution in [3.8, 4) is 0 Å². The summed E-state index contributed by atoms with van der Waals surface area (Å²) < 4.78 is 29.7. The molecule has 1 aliphatic rings. The van der Waals surface area contributed by atoms with Gasteiger partial charge in [-0.3, -0.25) is 0 Å². The Balaban J connectivity index is 2.49. The van der Waals surface area contributed by atoms with E-state index in [2.05, 4.69) is 0 Å². The number of carbonyl (C=O) groups is 2. The first-order chi connectivity index (χ1) is 9.25. The highest BCUT2D eigenvalue weighted by Gasteiger charge is 2.50. The second-order valence-electron chi connectivity index (χ2n) is 4.49. The molecule has 1 heterocycles. The van der Waals surface area contributed by atoms with E-state index < -0.39 is 34.2 Å². The molecule has 108 valence electrons. The first-order valence-electron chi connectivity index (χ1n) is 5.79. The minimum Gasteiger partial charge on any atom is -0.480 e. The molecule has 1 N–H and O–H groups in total. The van der Waals surface area contributed by atoms with Gasteiger partial charge in [0.15, 0.2) is 6.04 Å². The van der Waals surface area contributed by atoms with Gasteiger partial charge in [0.2, 0.25) is 0 Å². The molecule has 2 atom stereocenters. The molecule has 0 radical (unpaired) electrons. The third-order valence-corrected chi connectivity index (χ3v) is 4.76. The summed E-state index contributed by atoms with van der Waals surface area (Å²) >= 11 is 0. The Kier molecular flexibility index (Phi) is 3.43. The van der Waals surface area contributed by atoms with Crippen molar-refractivity contribution in [2.24, 2.45) is 0 Å². The van der Waals surface area contributed by atoms with E-state index in [1.165, 1.54) is 19.1 Å². The van der Waals surface area contributed by atoms with E-state index in [0.29, 0.717) is 0 Å². The second-order valence-corrected chi connectivity index (χ2v) is 6.30. The number of carboxylic acid groups (broad SMARTS) is 1.